The van der Waals surface area contributed by atoms with Gasteiger partial charge in [0.05, 0.1) is 5.56 Å². The number of hydrogen-bond acceptors (Lipinski definition) is 6. The number of nitrogens with zero attached hydrogens (tertiary/aromatic N) is 5. The molecule has 0 unspecified atom stereocenters. The number of aromatic nitrogens is 3. The second-order valence-corrected chi connectivity index (χ2v) is 6.03. The van der Waals surface area contributed by atoms with Gasteiger partial charge in [0.25, 0.3) is 0 Å². The van der Waals surface area contributed by atoms with Crippen LogP contribution in [0.25, 0.3) is 0 Å². The topological polar surface area (TPSA) is 78.8 Å². The Morgan fingerprint density at radius 3 is 2.27 bits per heavy atom. The first-order valence-electron chi connectivity index (χ1n) is 7.78. The number of pyridine rings is 1. The number of anilines is 1. The largest absolute Gasteiger partial charge is 0.425 e. The normalized spacial score (nSPS) is 19.1. The summed E-state index contributed by atoms with van der Waals surface area (Å²) in [6.45, 7) is 1.84. The first-order chi connectivity index (χ1) is 10.8. The Bertz CT molecular complexity index is 690. The number of hydrogen-bond donors (Lipinski definition) is 0. The molecule has 0 amide bonds. The lowest BCUT2D eigenvalue weighted by atomic mass is 9.97. The summed E-state index contributed by atoms with van der Waals surface area (Å²) in [6.07, 6.45) is 5.98. The van der Waals surface area contributed by atoms with Gasteiger partial charge in [-0.05, 0) is 37.8 Å². The lowest BCUT2D eigenvalue weighted by molar-refractivity contribution is 0.375. The van der Waals surface area contributed by atoms with Crippen LogP contribution in [0.2, 0.25) is 0 Å². The zero-order chi connectivity index (χ0) is 14.9. The smallest absolute Gasteiger partial charge is 0.219 e. The molecule has 2 aromatic rings. The minimum Gasteiger partial charge on any atom is -0.425 e. The molecule has 0 aromatic carbocycles. The zero-order valence-electron chi connectivity index (χ0n) is 12.3. The van der Waals surface area contributed by atoms with Crippen LogP contribution in [-0.2, 0) is 0 Å². The minimum atomic E-state index is 0.356. The van der Waals surface area contributed by atoms with Gasteiger partial charge in [0.2, 0.25) is 11.8 Å². The number of nitriles is 1. The van der Waals surface area contributed by atoms with E-state index in [1.807, 2.05) is 12.1 Å². The molecule has 3 heterocycles. The van der Waals surface area contributed by atoms with E-state index in [0.717, 1.165) is 43.5 Å². The Morgan fingerprint density at radius 1 is 1.05 bits per heavy atom. The van der Waals surface area contributed by atoms with Gasteiger partial charge in [-0.3, -0.25) is 0 Å². The highest BCUT2D eigenvalue weighted by molar-refractivity contribution is 5.42. The summed E-state index contributed by atoms with van der Waals surface area (Å²) in [4.78, 5) is 6.60. The molecule has 1 aliphatic carbocycles. The third-order valence-electron chi connectivity index (χ3n) is 4.43. The van der Waals surface area contributed by atoms with Crippen LogP contribution < -0.4 is 4.90 Å². The molecule has 0 bridgehead atoms. The van der Waals surface area contributed by atoms with Crippen LogP contribution in [0.1, 0.15) is 54.9 Å². The lowest BCUT2D eigenvalue weighted by Crippen LogP contribution is -2.33. The summed E-state index contributed by atoms with van der Waals surface area (Å²) in [6, 6.07) is 5.82. The van der Waals surface area contributed by atoms with Gasteiger partial charge in [0.1, 0.15) is 11.9 Å². The fraction of sp³-hybridized carbons (Fsp3) is 0.500. The zero-order valence-corrected chi connectivity index (χ0v) is 12.3. The van der Waals surface area contributed by atoms with E-state index in [4.69, 9.17) is 9.68 Å². The predicted octanol–water partition coefficient (Wildman–Crippen LogP) is 2.60. The lowest BCUT2D eigenvalue weighted by Gasteiger charge is -2.31. The van der Waals surface area contributed by atoms with Crippen molar-refractivity contribution in [2.75, 3.05) is 18.0 Å². The highest BCUT2D eigenvalue weighted by Crippen LogP contribution is 2.40. The second-order valence-electron chi connectivity index (χ2n) is 6.03. The Morgan fingerprint density at radius 2 is 1.73 bits per heavy atom. The number of rotatable bonds is 3. The van der Waals surface area contributed by atoms with Crippen LogP contribution >= 0.6 is 0 Å². The van der Waals surface area contributed by atoms with Gasteiger partial charge in [0.15, 0.2) is 0 Å². The maximum absolute atomic E-state index is 8.82. The Kier molecular flexibility index (Phi) is 3.26. The molecule has 0 spiro atoms. The molecule has 112 valence electrons. The molecule has 0 radical (unpaired) electrons. The van der Waals surface area contributed by atoms with E-state index in [1.165, 1.54) is 12.8 Å². The van der Waals surface area contributed by atoms with Crippen molar-refractivity contribution in [3.8, 4) is 6.07 Å². The van der Waals surface area contributed by atoms with Crippen LogP contribution in [0.5, 0.6) is 0 Å². The second kappa shape index (κ2) is 5.41. The molecule has 0 atom stereocenters. The Hall–Kier alpha value is -2.42. The van der Waals surface area contributed by atoms with Crippen LogP contribution in [-0.4, -0.2) is 28.3 Å². The van der Waals surface area contributed by atoms with Crippen molar-refractivity contribution in [2.45, 2.75) is 37.5 Å². The molecular formula is C16H17N5O. The van der Waals surface area contributed by atoms with Gasteiger partial charge in [-0.25, -0.2) is 4.98 Å². The van der Waals surface area contributed by atoms with Crippen LogP contribution in [0, 0.1) is 11.3 Å². The van der Waals surface area contributed by atoms with Crippen LogP contribution in [0.3, 0.4) is 0 Å². The maximum Gasteiger partial charge on any atom is 0.219 e. The Labute approximate surface area is 128 Å². The third kappa shape index (κ3) is 2.54. The van der Waals surface area contributed by atoms with Gasteiger partial charge >= 0.3 is 0 Å². The van der Waals surface area contributed by atoms with Crippen molar-refractivity contribution in [3.05, 3.63) is 35.7 Å². The highest BCUT2D eigenvalue weighted by Gasteiger charge is 2.31. The van der Waals surface area contributed by atoms with Crippen molar-refractivity contribution in [1.82, 2.24) is 15.2 Å². The van der Waals surface area contributed by atoms with Crippen LogP contribution in [0.4, 0.5) is 5.82 Å². The van der Waals surface area contributed by atoms with E-state index < -0.39 is 0 Å². The summed E-state index contributed by atoms with van der Waals surface area (Å²) in [5, 5.41) is 17.2. The van der Waals surface area contributed by atoms with Crippen molar-refractivity contribution in [2.24, 2.45) is 0 Å². The summed E-state index contributed by atoms with van der Waals surface area (Å²) in [7, 11) is 0. The molecule has 4 rings (SSSR count). The van der Waals surface area contributed by atoms with E-state index in [2.05, 4.69) is 26.2 Å². The average Bonchev–Trinajstić information content (AvgIpc) is 3.32. The molecule has 2 aliphatic rings. The van der Waals surface area contributed by atoms with Gasteiger partial charge in [-0.2, -0.15) is 5.26 Å². The molecular weight excluding hydrogens is 278 g/mol. The summed E-state index contributed by atoms with van der Waals surface area (Å²) in [5.41, 5.74) is 0.595. The van der Waals surface area contributed by atoms with E-state index in [9.17, 15) is 0 Å². The van der Waals surface area contributed by atoms with Crippen molar-refractivity contribution in [1.29, 1.82) is 5.26 Å². The highest BCUT2D eigenvalue weighted by atomic mass is 16.4. The summed E-state index contributed by atoms with van der Waals surface area (Å²) in [5.74, 6) is 3.43. The molecule has 2 aromatic heterocycles. The van der Waals surface area contributed by atoms with Crippen LogP contribution in [0.15, 0.2) is 22.7 Å². The number of piperidine rings is 1. The molecule has 2 fully saturated rings. The average molecular weight is 295 g/mol. The molecule has 1 saturated heterocycles. The molecule has 1 aliphatic heterocycles. The molecule has 1 saturated carbocycles. The quantitative estimate of drug-likeness (QED) is 0.866. The van der Waals surface area contributed by atoms with E-state index in [0.29, 0.717) is 17.4 Å². The molecule has 6 nitrogen and oxygen atoms in total. The minimum absolute atomic E-state index is 0.356. The first-order valence-corrected chi connectivity index (χ1v) is 7.78. The summed E-state index contributed by atoms with van der Waals surface area (Å²) < 4.78 is 5.83. The van der Waals surface area contributed by atoms with Gasteiger partial charge in [0, 0.05) is 31.1 Å². The van der Waals surface area contributed by atoms with E-state index in [1.54, 1.807) is 6.20 Å². The van der Waals surface area contributed by atoms with E-state index >= 15 is 0 Å². The fourth-order valence-corrected chi connectivity index (χ4v) is 2.90. The van der Waals surface area contributed by atoms with Crippen molar-refractivity contribution in [3.63, 3.8) is 0 Å². The molecule has 6 heteroatoms. The first kappa shape index (κ1) is 13.3. The standard InChI is InChI=1S/C16H17N5O/c17-9-11-1-4-14(18-10-11)21-7-5-13(6-8-21)16-20-19-15(22-16)12-2-3-12/h1,4,10,12-13H,2-3,5-8H2. The predicted molar refractivity (Wildman–Crippen MR) is 79.4 cm³/mol. The maximum atomic E-state index is 8.82. The third-order valence-corrected chi connectivity index (χ3v) is 4.43. The molecule has 0 N–H and O–H groups in total. The van der Waals surface area contributed by atoms with Crippen molar-refractivity contribution >= 4 is 5.82 Å². The summed E-state index contributed by atoms with van der Waals surface area (Å²) >= 11 is 0. The van der Waals surface area contributed by atoms with Gasteiger partial charge in [-0.1, -0.05) is 0 Å². The fourth-order valence-electron chi connectivity index (χ4n) is 2.90. The Balaban J connectivity index is 1.39. The SMILES string of the molecule is N#Cc1ccc(N2CCC(c3nnc(C4CC4)o3)CC2)nc1. The van der Waals surface area contributed by atoms with Crippen molar-refractivity contribution < 1.29 is 4.42 Å². The van der Waals surface area contributed by atoms with E-state index in [-0.39, 0.29) is 0 Å². The van der Waals surface area contributed by atoms with Gasteiger partial charge < -0.3 is 9.32 Å². The monoisotopic (exact) mass is 295 g/mol. The molecule has 22 heavy (non-hydrogen) atoms. The van der Waals surface area contributed by atoms with Gasteiger partial charge in [-0.15, -0.1) is 10.2 Å².